The number of carbonyl (C=O) groups excluding carboxylic acids is 2. The van der Waals surface area contributed by atoms with Crippen LogP contribution in [0.15, 0.2) is 0 Å². The van der Waals surface area contributed by atoms with Gasteiger partial charge in [0.15, 0.2) is 0 Å². The first-order valence-electron chi connectivity index (χ1n) is 8.14. The van der Waals surface area contributed by atoms with Crippen molar-refractivity contribution in [3.05, 3.63) is 0 Å². The third-order valence-electron chi connectivity index (χ3n) is 3.26. The molecule has 0 bridgehead atoms. The lowest BCUT2D eigenvalue weighted by molar-refractivity contribution is -0.109. The Morgan fingerprint density at radius 3 is 1.71 bits per heavy atom. The van der Waals surface area contributed by atoms with E-state index in [9.17, 15) is 9.59 Å². The van der Waals surface area contributed by atoms with Gasteiger partial charge in [-0.2, -0.15) is 0 Å². The largest absolute Gasteiger partial charge is 0.359 e. The Hall–Kier alpha value is -1.30. The molecule has 0 radical (unpaired) electrons. The summed E-state index contributed by atoms with van der Waals surface area (Å²) in [6, 6.07) is -0.0622. The van der Waals surface area contributed by atoms with E-state index in [0.717, 1.165) is 71.1 Å². The normalized spacial score (nSPS) is 10.1. The van der Waals surface area contributed by atoms with Crippen LogP contribution in [-0.2, 0) is 4.79 Å². The summed E-state index contributed by atoms with van der Waals surface area (Å²) < 4.78 is 0. The number of rotatable bonds is 15. The molecule has 0 atom stereocenters. The van der Waals surface area contributed by atoms with Gasteiger partial charge in [0, 0.05) is 19.6 Å². The Labute approximate surface area is 128 Å². The minimum atomic E-state index is -0.0622. The van der Waals surface area contributed by atoms with Crippen LogP contribution in [0.2, 0.25) is 0 Å². The second-order valence-electron chi connectivity index (χ2n) is 5.19. The number of nitrogens with one attached hydrogen (secondary N) is 4. The highest BCUT2D eigenvalue weighted by Gasteiger charge is 1.98. The predicted molar refractivity (Wildman–Crippen MR) is 86.3 cm³/mol. The Morgan fingerprint density at radius 1 is 0.762 bits per heavy atom. The van der Waals surface area contributed by atoms with Crippen LogP contribution < -0.4 is 21.3 Å². The van der Waals surface area contributed by atoms with E-state index in [1.54, 1.807) is 0 Å². The molecular weight excluding hydrogens is 268 g/mol. The van der Waals surface area contributed by atoms with Gasteiger partial charge in [-0.05, 0) is 39.3 Å². The maximum absolute atomic E-state index is 11.5. The van der Waals surface area contributed by atoms with Crippen molar-refractivity contribution in [3.63, 3.8) is 0 Å². The predicted octanol–water partition coefficient (Wildman–Crippen LogP) is 1.37. The molecule has 4 N–H and O–H groups in total. The van der Waals surface area contributed by atoms with Gasteiger partial charge >= 0.3 is 6.03 Å². The van der Waals surface area contributed by atoms with Gasteiger partial charge in [0.1, 0.15) is 0 Å². The first-order valence-corrected chi connectivity index (χ1v) is 8.14. The van der Waals surface area contributed by atoms with Crippen molar-refractivity contribution in [1.82, 2.24) is 21.3 Å². The number of unbranched alkanes of at least 4 members (excludes halogenated alkanes) is 6. The van der Waals surface area contributed by atoms with Crippen molar-refractivity contribution in [3.8, 4) is 0 Å². The molecule has 6 nitrogen and oxygen atoms in total. The highest BCUT2D eigenvalue weighted by Crippen LogP contribution is 1.98. The first-order chi connectivity index (χ1) is 10.3. The van der Waals surface area contributed by atoms with Crippen LogP contribution in [0.25, 0.3) is 0 Å². The highest BCUT2D eigenvalue weighted by molar-refractivity contribution is 5.73. The molecule has 3 amide bonds. The van der Waals surface area contributed by atoms with Crippen molar-refractivity contribution in [1.29, 1.82) is 0 Å². The molecule has 0 aromatic rings. The minimum Gasteiger partial charge on any atom is -0.359 e. The standard InChI is InChI=1S/C15H32N4O2/c1-16-10-6-2-4-8-12-18-15(21)19-13-9-5-3-7-11-17-14-20/h14,16H,2-13H2,1H3,(H,17,20)(H2,18,19,21). The zero-order chi connectivity index (χ0) is 15.6. The smallest absolute Gasteiger partial charge is 0.314 e. The van der Waals surface area contributed by atoms with Crippen molar-refractivity contribution < 1.29 is 9.59 Å². The van der Waals surface area contributed by atoms with Gasteiger partial charge in [0.25, 0.3) is 0 Å². The Balaban J connectivity index is 3.14. The van der Waals surface area contributed by atoms with E-state index in [0.29, 0.717) is 0 Å². The van der Waals surface area contributed by atoms with Crippen LogP contribution in [-0.4, -0.2) is 45.7 Å². The first kappa shape index (κ1) is 19.7. The summed E-state index contributed by atoms with van der Waals surface area (Å²) >= 11 is 0. The van der Waals surface area contributed by atoms with Gasteiger partial charge in [0.2, 0.25) is 6.41 Å². The maximum Gasteiger partial charge on any atom is 0.314 e. The molecule has 0 aliphatic carbocycles. The molecule has 21 heavy (non-hydrogen) atoms. The number of amides is 3. The van der Waals surface area contributed by atoms with E-state index in [4.69, 9.17) is 0 Å². The molecule has 0 spiro atoms. The fourth-order valence-corrected chi connectivity index (χ4v) is 2.01. The summed E-state index contributed by atoms with van der Waals surface area (Å²) in [7, 11) is 1.97. The fourth-order valence-electron chi connectivity index (χ4n) is 2.01. The van der Waals surface area contributed by atoms with Crippen molar-refractivity contribution in [2.75, 3.05) is 33.2 Å². The molecule has 0 aliphatic rings. The van der Waals surface area contributed by atoms with Crippen LogP contribution in [0.3, 0.4) is 0 Å². The summed E-state index contributed by atoms with van der Waals surface area (Å²) in [4.78, 5) is 21.5. The Bertz CT molecular complexity index is 250. The van der Waals surface area contributed by atoms with Crippen molar-refractivity contribution in [2.24, 2.45) is 0 Å². The van der Waals surface area contributed by atoms with Gasteiger partial charge in [-0.1, -0.05) is 25.7 Å². The van der Waals surface area contributed by atoms with Crippen LogP contribution in [0.4, 0.5) is 4.79 Å². The Morgan fingerprint density at radius 2 is 1.24 bits per heavy atom. The molecule has 0 aromatic heterocycles. The van der Waals surface area contributed by atoms with E-state index in [1.807, 2.05) is 7.05 Å². The third-order valence-corrected chi connectivity index (χ3v) is 3.26. The summed E-state index contributed by atoms with van der Waals surface area (Å²) in [5.41, 5.74) is 0. The number of hydrogen-bond acceptors (Lipinski definition) is 3. The minimum absolute atomic E-state index is 0.0622. The quantitative estimate of drug-likeness (QED) is 0.272. The SMILES string of the molecule is CNCCCCCCNC(=O)NCCCCCCNC=O. The average molecular weight is 300 g/mol. The monoisotopic (exact) mass is 300 g/mol. The molecule has 0 aliphatic heterocycles. The topological polar surface area (TPSA) is 82.3 Å². The zero-order valence-electron chi connectivity index (χ0n) is 13.4. The van der Waals surface area contributed by atoms with Gasteiger partial charge in [-0.15, -0.1) is 0 Å². The second kappa shape index (κ2) is 16.8. The number of urea groups is 1. The van der Waals surface area contributed by atoms with E-state index in [2.05, 4.69) is 21.3 Å². The van der Waals surface area contributed by atoms with Gasteiger partial charge in [-0.3, -0.25) is 4.79 Å². The molecule has 0 heterocycles. The average Bonchev–Trinajstić information content (AvgIpc) is 2.49. The van der Waals surface area contributed by atoms with E-state index in [-0.39, 0.29) is 6.03 Å². The molecule has 0 unspecified atom stereocenters. The Kier molecular flexibility index (Phi) is 15.7. The lowest BCUT2D eigenvalue weighted by Gasteiger charge is -2.07. The second-order valence-corrected chi connectivity index (χ2v) is 5.19. The molecule has 0 fully saturated rings. The van der Waals surface area contributed by atoms with E-state index >= 15 is 0 Å². The van der Waals surface area contributed by atoms with Crippen molar-refractivity contribution in [2.45, 2.75) is 51.4 Å². The maximum atomic E-state index is 11.5. The van der Waals surface area contributed by atoms with Crippen LogP contribution in [0.5, 0.6) is 0 Å². The number of carbonyl (C=O) groups is 2. The molecule has 124 valence electrons. The van der Waals surface area contributed by atoms with Crippen molar-refractivity contribution >= 4 is 12.4 Å². The van der Waals surface area contributed by atoms with Gasteiger partial charge < -0.3 is 21.3 Å². The van der Waals surface area contributed by atoms with E-state index < -0.39 is 0 Å². The molecule has 0 saturated heterocycles. The lowest BCUT2D eigenvalue weighted by atomic mass is 10.2. The highest BCUT2D eigenvalue weighted by atomic mass is 16.2. The third kappa shape index (κ3) is 16.6. The summed E-state index contributed by atoms with van der Waals surface area (Å²) in [6.45, 7) is 3.28. The molecular formula is C15H32N4O2. The van der Waals surface area contributed by atoms with Gasteiger partial charge in [-0.25, -0.2) is 4.79 Å². The summed E-state index contributed by atoms with van der Waals surface area (Å²) in [5, 5.41) is 11.5. The molecule has 6 heteroatoms. The summed E-state index contributed by atoms with van der Waals surface area (Å²) in [5.74, 6) is 0. The molecule has 0 saturated carbocycles. The number of hydrogen-bond donors (Lipinski definition) is 4. The van der Waals surface area contributed by atoms with Gasteiger partial charge in [0.05, 0.1) is 0 Å². The lowest BCUT2D eigenvalue weighted by Crippen LogP contribution is -2.36. The molecule has 0 rings (SSSR count). The summed E-state index contributed by atoms with van der Waals surface area (Å²) in [6.07, 6.45) is 9.48. The van der Waals surface area contributed by atoms with Crippen LogP contribution in [0, 0.1) is 0 Å². The van der Waals surface area contributed by atoms with Crippen LogP contribution in [0.1, 0.15) is 51.4 Å². The van der Waals surface area contributed by atoms with E-state index in [1.165, 1.54) is 12.8 Å². The molecule has 0 aromatic carbocycles. The van der Waals surface area contributed by atoms with Crippen LogP contribution >= 0.6 is 0 Å². The fraction of sp³-hybridized carbons (Fsp3) is 0.867. The zero-order valence-corrected chi connectivity index (χ0v) is 13.4.